The topological polar surface area (TPSA) is 99.0 Å². The van der Waals surface area contributed by atoms with Gasteiger partial charge in [-0.25, -0.2) is 23.4 Å². The number of esters is 1. The second-order valence-corrected chi connectivity index (χ2v) is 6.79. The highest BCUT2D eigenvalue weighted by Crippen LogP contribution is 2.17. The maximum absolute atomic E-state index is 13.8. The Labute approximate surface area is 170 Å². The summed E-state index contributed by atoms with van der Waals surface area (Å²) in [6, 6.07) is 3.06. The van der Waals surface area contributed by atoms with Crippen LogP contribution in [0.1, 0.15) is 49.3 Å². The molecule has 160 valence electrons. The van der Waals surface area contributed by atoms with Crippen LogP contribution >= 0.6 is 0 Å². The molecule has 0 spiro atoms. The summed E-state index contributed by atoms with van der Waals surface area (Å²) in [6.07, 6.45) is 2.18. The van der Waals surface area contributed by atoms with Crippen molar-refractivity contribution in [3.8, 4) is 0 Å². The van der Waals surface area contributed by atoms with E-state index in [0.29, 0.717) is 25.9 Å². The maximum atomic E-state index is 13.8. The van der Waals surface area contributed by atoms with E-state index in [4.69, 9.17) is 4.74 Å². The van der Waals surface area contributed by atoms with E-state index in [1.54, 1.807) is 4.57 Å². The number of aromatic nitrogens is 4. The second-order valence-electron chi connectivity index (χ2n) is 6.79. The van der Waals surface area contributed by atoms with Crippen LogP contribution in [0.2, 0.25) is 0 Å². The number of carbonyl (C=O) groups excluding carboxylic acids is 1. The molecule has 30 heavy (non-hydrogen) atoms. The third-order valence-electron chi connectivity index (χ3n) is 4.65. The molecular weight excluding hydrogens is 398 g/mol. The summed E-state index contributed by atoms with van der Waals surface area (Å²) < 4.78 is 35.6. The highest BCUT2D eigenvalue weighted by atomic mass is 19.1. The van der Waals surface area contributed by atoms with E-state index in [9.17, 15) is 23.2 Å². The molecule has 10 heteroatoms. The number of hydrogen-bond acceptors (Lipinski definition) is 5. The fourth-order valence-electron chi connectivity index (χ4n) is 3.21. The third-order valence-corrected chi connectivity index (χ3v) is 4.65. The Hall–Kier alpha value is -3.30. The van der Waals surface area contributed by atoms with Crippen LogP contribution in [0.4, 0.5) is 8.78 Å². The smallest absolute Gasteiger partial charge is 0.344 e. The van der Waals surface area contributed by atoms with Gasteiger partial charge in [0.25, 0.3) is 5.56 Å². The van der Waals surface area contributed by atoms with Gasteiger partial charge in [-0.2, -0.15) is 0 Å². The van der Waals surface area contributed by atoms with Gasteiger partial charge in [-0.3, -0.25) is 14.3 Å². The summed E-state index contributed by atoms with van der Waals surface area (Å²) >= 11 is 0. The number of H-pyrrole nitrogens is 1. The first-order valence-electron chi connectivity index (χ1n) is 9.72. The molecule has 0 fully saturated rings. The lowest BCUT2D eigenvalue weighted by atomic mass is 10.2. The minimum atomic E-state index is -1.18. The molecule has 1 aromatic carbocycles. The molecule has 3 rings (SSSR count). The van der Waals surface area contributed by atoms with E-state index < -0.39 is 41.0 Å². The Morgan fingerprint density at radius 2 is 1.80 bits per heavy atom. The van der Waals surface area contributed by atoms with Crippen LogP contribution in [0.15, 0.2) is 27.8 Å². The summed E-state index contributed by atoms with van der Waals surface area (Å²) in [5.41, 5.74) is -1.58. The first-order valence-corrected chi connectivity index (χ1v) is 9.72. The molecule has 0 saturated heterocycles. The van der Waals surface area contributed by atoms with Crippen molar-refractivity contribution >= 4 is 17.1 Å². The molecule has 8 nitrogen and oxygen atoms in total. The molecule has 0 saturated carbocycles. The molecular formula is C20H22F2N4O4. The number of nitrogens with zero attached hydrogens (tertiary/aromatic N) is 3. The van der Waals surface area contributed by atoms with Crippen molar-refractivity contribution < 1.29 is 18.3 Å². The number of aromatic amines is 1. The van der Waals surface area contributed by atoms with Crippen molar-refractivity contribution in [1.29, 1.82) is 0 Å². The van der Waals surface area contributed by atoms with Gasteiger partial charge in [0.15, 0.2) is 11.2 Å². The Bertz CT molecular complexity index is 1180. The fourth-order valence-corrected chi connectivity index (χ4v) is 3.21. The average Bonchev–Trinajstić information content (AvgIpc) is 3.05. The molecule has 0 bridgehead atoms. The van der Waals surface area contributed by atoms with E-state index >= 15 is 0 Å². The normalized spacial score (nSPS) is 11.2. The third kappa shape index (κ3) is 4.03. The number of ether oxygens (including phenoxy) is 1. The number of carbonyl (C=O) groups is 1. The van der Waals surface area contributed by atoms with Crippen molar-refractivity contribution in [3.05, 3.63) is 62.1 Å². The number of unbranched alkanes of at least 4 members (excludes halogenated alkanes) is 1. The van der Waals surface area contributed by atoms with Gasteiger partial charge in [-0.1, -0.05) is 26.3 Å². The van der Waals surface area contributed by atoms with Gasteiger partial charge >= 0.3 is 11.7 Å². The monoisotopic (exact) mass is 420 g/mol. The molecule has 0 aliphatic rings. The number of aryl methyl sites for hydroxylation is 2. The predicted molar refractivity (Wildman–Crippen MR) is 105 cm³/mol. The van der Waals surface area contributed by atoms with Gasteiger partial charge in [0.2, 0.25) is 0 Å². The highest BCUT2D eigenvalue weighted by molar-refractivity contribution is 5.90. The lowest BCUT2D eigenvalue weighted by Crippen LogP contribution is -2.31. The fraction of sp³-hybridized carbons (Fsp3) is 0.400. The van der Waals surface area contributed by atoms with Crippen LogP contribution in [0, 0.1) is 11.6 Å². The molecule has 3 aromatic rings. The maximum Gasteiger partial charge on any atom is 0.344 e. The van der Waals surface area contributed by atoms with Crippen LogP contribution in [-0.2, 0) is 24.4 Å². The number of imidazole rings is 1. The largest absolute Gasteiger partial charge is 0.454 e. The number of rotatable bonds is 8. The van der Waals surface area contributed by atoms with Gasteiger partial charge in [0.05, 0.1) is 0 Å². The zero-order chi connectivity index (χ0) is 21.8. The summed E-state index contributed by atoms with van der Waals surface area (Å²) in [5.74, 6) is -3.05. The molecule has 0 atom stereocenters. The van der Waals surface area contributed by atoms with E-state index in [0.717, 1.165) is 24.6 Å². The number of hydrogen-bond donors (Lipinski definition) is 1. The summed E-state index contributed by atoms with van der Waals surface area (Å²) in [4.78, 5) is 43.6. The van der Waals surface area contributed by atoms with E-state index in [1.165, 1.54) is 4.57 Å². The summed E-state index contributed by atoms with van der Waals surface area (Å²) in [7, 11) is 0. The number of fused-ring (bicyclic) bond motifs is 1. The van der Waals surface area contributed by atoms with Crippen LogP contribution in [-0.4, -0.2) is 25.1 Å². The molecule has 0 radical (unpaired) electrons. The van der Waals surface area contributed by atoms with Crippen molar-refractivity contribution in [2.24, 2.45) is 0 Å². The first-order chi connectivity index (χ1) is 14.4. The molecule has 2 aromatic heterocycles. The Balaban J connectivity index is 2.02. The lowest BCUT2D eigenvalue weighted by Gasteiger charge is -2.09. The number of nitrogens with one attached hydrogen (secondary N) is 1. The van der Waals surface area contributed by atoms with E-state index in [2.05, 4.69) is 9.97 Å². The predicted octanol–water partition coefficient (Wildman–Crippen LogP) is 2.73. The van der Waals surface area contributed by atoms with Gasteiger partial charge in [0, 0.05) is 13.1 Å². The average molecular weight is 420 g/mol. The summed E-state index contributed by atoms with van der Waals surface area (Å²) in [6.45, 7) is 4.19. The summed E-state index contributed by atoms with van der Waals surface area (Å²) in [5, 5.41) is 0. The van der Waals surface area contributed by atoms with Crippen LogP contribution in [0.3, 0.4) is 0 Å². The van der Waals surface area contributed by atoms with E-state index in [-0.39, 0.29) is 17.0 Å². The number of halogens is 2. The minimum Gasteiger partial charge on any atom is -0.454 e. The van der Waals surface area contributed by atoms with Gasteiger partial charge in [-0.05, 0) is 25.0 Å². The SMILES string of the molecule is CCCCn1c(=O)[nH]c(=O)c2c1nc(COC(=O)c1c(F)cccc1F)n2CCC. The van der Waals surface area contributed by atoms with Crippen molar-refractivity contribution in [2.75, 3.05) is 0 Å². The molecule has 0 aliphatic heterocycles. The quantitative estimate of drug-likeness (QED) is 0.565. The second kappa shape index (κ2) is 9.02. The lowest BCUT2D eigenvalue weighted by molar-refractivity contribution is 0.0447. The highest BCUT2D eigenvalue weighted by Gasteiger charge is 2.22. The zero-order valence-electron chi connectivity index (χ0n) is 16.7. The Kier molecular flexibility index (Phi) is 6.43. The van der Waals surface area contributed by atoms with Crippen molar-refractivity contribution in [3.63, 3.8) is 0 Å². The first kappa shape index (κ1) is 21.4. The van der Waals surface area contributed by atoms with Gasteiger partial charge in [0.1, 0.15) is 29.6 Å². The molecule has 0 aliphatic carbocycles. The van der Waals surface area contributed by atoms with Crippen molar-refractivity contribution in [1.82, 2.24) is 19.1 Å². The Morgan fingerprint density at radius 1 is 1.10 bits per heavy atom. The molecule has 0 unspecified atom stereocenters. The Morgan fingerprint density at radius 3 is 2.43 bits per heavy atom. The van der Waals surface area contributed by atoms with Crippen molar-refractivity contribution in [2.45, 2.75) is 52.8 Å². The minimum absolute atomic E-state index is 0.189. The molecule has 0 amide bonds. The van der Waals surface area contributed by atoms with E-state index in [1.807, 2.05) is 13.8 Å². The van der Waals surface area contributed by atoms with Crippen LogP contribution in [0.5, 0.6) is 0 Å². The number of benzene rings is 1. The molecule has 1 N–H and O–H groups in total. The molecule has 2 heterocycles. The zero-order valence-corrected chi connectivity index (χ0v) is 16.7. The standard InChI is InChI=1S/C20H22F2N4O4/c1-3-5-10-26-17-16(18(27)24-20(26)29)25(9-4-2)14(23-17)11-30-19(28)15-12(21)7-6-8-13(15)22/h6-8H,3-5,9-11H2,1-2H3,(H,24,27,29). The van der Waals surface area contributed by atoms with Crippen LogP contribution in [0.25, 0.3) is 11.2 Å². The van der Waals surface area contributed by atoms with Gasteiger partial charge < -0.3 is 9.30 Å². The van der Waals surface area contributed by atoms with Crippen LogP contribution < -0.4 is 11.2 Å². The van der Waals surface area contributed by atoms with Gasteiger partial charge in [-0.15, -0.1) is 0 Å².